The van der Waals surface area contributed by atoms with Crippen molar-refractivity contribution in [3.63, 3.8) is 0 Å². The number of halogens is 3. The van der Waals surface area contributed by atoms with Crippen LogP contribution in [0.3, 0.4) is 0 Å². The SMILES string of the molecule is FC(F)(F)c1ccccc1NC[C@@H]1CCNC1. The van der Waals surface area contributed by atoms with Crippen LogP contribution in [0, 0.1) is 5.92 Å². The van der Waals surface area contributed by atoms with E-state index in [0.717, 1.165) is 25.6 Å². The number of benzene rings is 1. The normalized spacial score (nSPS) is 20.5. The van der Waals surface area contributed by atoms with E-state index in [9.17, 15) is 13.2 Å². The maximum Gasteiger partial charge on any atom is 0.418 e. The third kappa shape index (κ3) is 3.12. The average Bonchev–Trinajstić information content (AvgIpc) is 2.78. The first-order chi connectivity index (χ1) is 8.07. The van der Waals surface area contributed by atoms with Crippen molar-refractivity contribution in [1.82, 2.24) is 5.32 Å². The van der Waals surface area contributed by atoms with Crippen molar-refractivity contribution in [2.45, 2.75) is 12.6 Å². The number of hydrogen-bond donors (Lipinski definition) is 2. The van der Waals surface area contributed by atoms with Gasteiger partial charge in [-0.2, -0.15) is 13.2 Å². The highest BCUT2D eigenvalue weighted by atomic mass is 19.4. The Morgan fingerprint density at radius 1 is 1.29 bits per heavy atom. The number of nitrogens with one attached hydrogen (secondary N) is 2. The van der Waals surface area contributed by atoms with Crippen LogP contribution in [0.1, 0.15) is 12.0 Å². The first kappa shape index (κ1) is 12.2. The third-order valence-electron chi connectivity index (χ3n) is 2.98. The minimum Gasteiger partial charge on any atom is -0.384 e. The fourth-order valence-electron chi connectivity index (χ4n) is 2.03. The van der Waals surface area contributed by atoms with Crippen molar-refractivity contribution in [1.29, 1.82) is 0 Å². The van der Waals surface area contributed by atoms with Gasteiger partial charge >= 0.3 is 6.18 Å². The lowest BCUT2D eigenvalue weighted by molar-refractivity contribution is -0.136. The summed E-state index contributed by atoms with van der Waals surface area (Å²) in [7, 11) is 0. The molecule has 0 unspecified atom stereocenters. The number of para-hydroxylation sites is 1. The van der Waals surface area contributed by atoms with E-state index in [1.807, 2.05) is 0 Å². The van der Waals surface area contributed by atoms with Gasteiger partial charge in [0, 0.05) is 12.2 Å². The van der Waals surface area contributed by atoms with Crippen molar-refractivity contribution < 1.29 is 13.2 Å². The molecular formula is C12H15F3N2. The smallest absolute Gasteiger partial charge is 0.384 e. The zero-order valence-corrected chi connectivity index (χ0v) is 9.35. The third-order valence-corrected chi connectivity index (χ3v) is 2.98. The van der Waals surface area contributed by atoms with Gasteiger partial charge < -0.3 is 10.6 Å². The first-order valence-corrected chi connectivity index (χ1v) is 5.68. The van der Waals surface area contributed by atoms with Gasteiger partial charge in [0.1, 0.15) is 0 Å². The van der Waals surface area contributed by atoms with Crippen LogP contribution in [0.4, 0.5) is 18.9 Å². The van der Waals surface area contributed by atoms with Crippen molar-refractivity contribution in [2.75, 3.05) is 25.0 Å². The van der Waals surface area contributed by atoms with Gasteiger partial charge in [0.2, 0.25) is 0 Å². The number of rotatable bonds is 3. The second-order valence-electron chi connectivity index (χ2n) is 4.28. The molecule has 0 bridgehead atoms. The molecule has 1 saturated heterocycles. The fraction of sp³-hybridized carbons (Fsp3) is 0.500. The van der Waals surface area contributed by atoms with Gasteiger partial charge in [-0.3, -0.25) is 0 Å². The summed E-state index contributed by atoms with van der Waals surface area (Å²) in [5, 5.41) is 6.09. The predicted octanol–water partition coefficient (Wildman–Crippen LogP) is 2.73. The molecule has 1 atom stereocenters. The minimum atomic E-state index is -4.29. The Bertz CT molecular complexity index is 370. The van der Waals surface area contributed by atoms with Gasteiger partial charge in [0.25, 0.3) is 0 Å². The molecule has 2 N–H and O–H groups in total. The van der Waals surface area contributed by atoms with E-state index in [2.05, 4.69) is 10.6 Å². The second kappa shape index (κ2) is 4.96. The highest BCUT2D eigenvalue weighted by Crippen LogP contribution is 2.34. The van der Waals surface area contributed by atoms with E-state index < -0.39 is 11.7 Å². The van der Waals surface area contributed by atoms with E-state index >= 15 is 0 Å². The average molecular weight is 244 g/mol. The molecule has 2 rings (SSSR count). The summed E-state index contributed by atoms with van der Waals surface area (Å²) in [5.41, 5.74) is -0.419. The number of alkyl halides is 3. The van der Waals surface area contributed by atoms with E-state index in [-0.39, 0.29) is 5.69 Å². The van der Waals surface area contributed by atoms with Gasteiger partial charge in [0.15, 0.2) is 0 Å². The highest BCUT2D eigenvalue weighted by molar-refractivity contribution is 5.52. The maximum atomic E-state index is 12.7. The van der Waals surface area contributed by atoms with Crippen molar-refractivity contribution in [2.24, 2.45) is 5.92 Å². The van der Waals surface area contributed by atoms with Crippen LogP contribution < -0.4 is 10.6 Å². The molecule has 1 aliphatic heterocycles. The Balaban J connectivity index is 2.04. The molecule has 0 radical (unpaired) electrons. The van der Waals surface area contributed by atoms with Gasteiger partial charge in [-0.1, -0.05) is 12.1 Å². The van der Waals surface area contributed by atoms with Crippen LogP contribution >= 0.6 is 0 Å². The Labute approximate surface area is 98.2 Å². The lowest BCUT2D eigenvalue weighted by Gasteiger charge is -2.16. The quantitative estimate of drug-likeness (QED) is 0.854. The summed E-state index contributed by atoms with van der Waals surface area (Å²) in [6, 6.07) is 5.61. The molecule has 1 fully saturated rings. The van der Waals surface area contributed by atoms with Crippen LogP contribution in [0.2, 0.25) is 0 Å². The molecule has 1 aromatic carbocycles. The Hall–Kier alpha value is -1.23. The Kier molecular flexibility index (Phi) is 3.57. The summed E-state index contributed by atoms with van der Waals surface area (Å²) in [6.07, 6.45) is -3.28. The zero-order chi connectivity index (χ0) is 12.3. The summed E-state index contributed by atoms with van der Waals surface area (Å²) < 4.78 is 38.1. The van der Waals surface area contributed by atoms with Crippen LogP contribution in [0.5, 0.6) is 0 Å². The van der Waals surface area contributed by atoms with E-state index in [0.29, 0.717) is 12.5 Å². The van der Waals surface area contributed by atoms with E-state index in [4.69, 9.17) is 0 Å². The van der Waals surface area contributed by atoms with Crippen LogP contribution in [0.15, 0.2) is 24.3 Å². The van der Waals surface area contributed by atoms with Crippen LogP contribution in [0.25, 0.3) is 0 Å². The minimum absolute atomic E-state index is 0.173. The summed E-state index contributed by atoms with van der Waals surface area (Å²) in [6.45, 7) is 2.41. The fourth-order valence-corrected chi connectivity index (χ4v) is 2.03. The molecule has 1 aliphatic rings. The molecule has 94 valence electrons. The molecule has 5 heteroatoms. The molecule has 0 amide bonds. The van der Waals surface area contributed by atoms with Crippen molar-refractivity contribution >= 4 is 5.69 Å². The summed E-state index contributed by atoms with van der Waals surface area (Å²) >= 11 is 0. The lowest BCUT2D eigenvalue weighted by Crippen LogP contribution is -2.19. The molecule has 1 heterocycles. The standard InChI is InChI=1S/C12H15F3N2/c13-12(14,15)10-3-1-2-4-11(10)17-8-9-5-6-16-7-9/h1-4,9,16-17H,5-8H2/t9-/m1/s1. The largest absolute Gasteiger partial charge is 0.418 e. The zero-order valence-electron chi connectivity index (χ0n) is 9.35. The topological polar surface area (TPSA) is 24.1 Å². The van der Waals surface area contributed by atoms with Crippen molar-refractivity contribution in [3.8, 4) is 0 Å². The Morgan fingerprint density at radius 2 is 2.06 bits per heavy atom. The lowest BCUT2D eigenvalue weighted by atomic mass is 10.1. The van der Waals surface area contributed by atoms with E-state index in [1.54, 1.807) is 6.07 Å². The molecule has 2 nitrogen and oxygen atoms in total. The molecule has 1 aromatic rings. The van der Waals surface area contributed by atoms with Gasteiger partial charge in [-0.05, 0) is 37.6 Å². The van der Waals surface area contributed by atoms with E-state index in [1.165, 1.54) is 12.1 Å². The van der Waals surface area contributed by atoms with Gasteiger partial charge in [0.05, 0.1) is 5.56 Å². The molecule has 0 aliphatic carbocycles. The summed E-state index contributed by atoms with van der Waals surface area (Å²) in [5.74, 6) is 0.413. The van der Waals surface area contributed by atoms with Gasteiger partial charge in [-0.15, -0.1) is 0 Å². The van der Waals surface area contributed by atoms with Crippen LogP contribution in [-0.4, -0.2) is 19.6 Å². The van der Waals surface area contributed by atoms with Crippen molar-refractivity contribution in [3.05, 3.63) is 29.8 Å². The molecule has 0 saturated carbocycles. The second-order valence-corrected chi connectivity index (χ2v) is 4.28. The monoisotopic (exact) mass is 244 g/mol. The number of hydrogen-bond acceptors (Lipinski definition) is 2. The number of anilines is 1. The van der Waals surface area contributed by atoms with Gasteiger partial charge in [-0.25, -0.2) is 0 Å². The maximum absolute atomic E-state index is 12.7. The molecular weight excluding hydrogens is 229 g/mol. The Morgan fingerprint density at radius 3 is 2.71 bits per heavy atom. The predicted molar refractivity (Wildman–Crippen MR) is 60.9 cm³/mol. The molecule has 0 aromatic heterocycles. The first-order valence-electron chi connectivity index (χ1n) is 5.68. The molecule has 17 heavy (non-hydrogen) atoms. The summed E-state index contributed by atoms with van der Waals surface area (Å²) in [4.78, 5) is 0. The molecule has 0 spiro atoms. The highest BCUT2D eigenvalue weighted by Gasteiger charge is 2.33. The van der Waals surface area contributed by atoms with Crippen LogP contribution in [-0.2, 0) is 6.18 Å².